The van der Waals surface area contributed by atoms with Gasteiger partial charge in [0, 0.05) is 41.8 Å². The van der Waals surface area contributed by atoms with E-state index in [0.717, 1.165) is 21.9 Å². The molecule has 11 nitrogen and oxygen atoms in total. The first-order chi connectivity index (χ1) is 27.0. The van der Waals surface area contributed by atoms with Crippen molar-refractivity contribution in [3.8, 4) is 0 Å². The number of amides is 2. The molecule has 7 aromatic rings. The molecule has 2 amide bonds. The second-order valence-corrected chi connectivity index (χ2v) is 14.6. The highest BCUT2D eigenvalue weighted by Gasteiger charge is 2.43. The van der Waals surface area contributed by atoms with Crippen LogP contribution in [0, 0.1) is 13.8 Å². The van der Waals surface area contributed by atoms with Crippen LogP contribution in [0.3, 0.4) is 0 Å². The smallest absolute Gasteiger partial charge is 0.338 e. The summed E-state index contributed by atoms with van der Waals surface area (Å²) in [7, 11) is 0. The lowest BCUT2D eigenvalue weighted by Gasteiger charge is -2.19. The van der Waals surface area contributed by atoms with Crippen LogP contribution in [0.5, 0.6) is 0 Å². The Morgan fingerprint density at radius 3 is 1.93 bits per heavy atom. The Labute approximate surface area is 320 Å². The second kappa shape index (κ2) is 13.3. The van der Waals surface area contributed by atoms with Crippen LogP contribution in [0.2, 0.25) is 0 Å². The molecule has 2 aromatic heterocycles. The third-order valence-electron chi connectivity index (χ3n) is 11.0. The summed E-state index contributed by atoms with van der Waals surface area (Å²) in [5.74, 6) is -2.13. The number of esters is 2. The lowest BCUT2D eigenvalue weighted by molar-refractivity contribution is -0.126. The van der Waals surface area contributed by atoms with Gasteiger partial charge in [-0.3, -0.25) is 23.9 Å². The van der Waals surface area contributed by atoms with Gasteiger partial charge in [-0.15, -0.1) is 0 Å². The van der Waals surface area contributed by atoms with Gasteiger partial charge in [-0.2, -0.15) is 0 Å². The van der Waals surface area contributed by atoms with Crippen LogP contribution in [0.4, 0.5) is 0 Å². The van der Waals surface area contributed by atoms with Crippen molar-refractivity contribution in [2.24, 2.45) is 0 Å². The van der Waals surface area contributed by atoms with Crippen LogP contribution in [0.25, 0.3) is 43.6 Å². The number of aromatic nitrogens is 2. The van der Waals surface area contributed by atoms with Crippen molar-refractivity contribution in [3.63, 3.8) is 0 Å². The molecule has 1 saturated heterocycles. The Hall–Kier alpha value is -6.59. The minimum atomic E-state index is -0.876. The lowest BCUT2D eigenvalue weighted by atomic mass is 9.97. The van der Waals surface area contributed by atoms with Crippen LogP contribution in [0.1, 0.15) is 79.1 Å². The van der Waals surface area contributed by atoms with E-state index in [-0.39, 0.29) is 31.4 Å². The van der Waals surface area contributed by atoms with Crippen molar-refractivity contribution < 1.29 is 38.2 Å². The van der Waals surface area contributed by atoms with Gasteiger partial charge in [0.1, 0.15) is 25.0 Å². The fourth-order valence-electron chi connectivity index (χ4n) is 8.39. The largest absolute Gasteiger partial charge is 0.459 e. The van der Waals surface area contributed by atoms with Gasteiger partial charge >= 0.3 is 11.9 Å². The molecule has 0 N–H and O–H groups in total. The Bertz CT molecular complexity index is 2810. The summed E-state index contributed by atoms with van der Waals surface area (Å²) in [6.07, 6.45) is -2.38. The Morgan fingerprint density at radius 1 is 0.714 bits per heavy atom. The number of aryl methyl sites for hydroxylation is 2. The molecular weight excluding hydrogens is 711 g/mol. The number of imide groups is 1. The van der Waals surface area contributed by atoms with Crippen LogP contribution in [-0.2, 0) is 25.5 Å². The number of para-hydroxylation sites is 2. The van der Waals surface area contributed by atoms with Gasteiger partial charge in [0.15, 0.2) is 0 Å². The van der Waals surface area contributed by atoms with Crippen molar-refractivity contribution >= 4 is 73.3 Å². The molecule has 0 bridgehead atoms. The fraction of sp³-hybridized carbons (Fsp3) is 0.222. The van der Waals surface area contributed by atoms with E-state index in [2.05, 4.69) is 0 Å². The van der Waals surface area contributed by atoms with Gasteiger partial charge in [-0.25, -0.2) is 9.59 Å². The first-order valence-corrected chi connectivity index (χ1v) is 18.5. The molecule has 0 unspecified atom stereocenters. The molecule has 9 rings (SSSR count). The van der Waals surface area contributed by atoms with Crippen molar-refractivity contribution in [1.29, 1.82) is 0 Å². The minimum Gasteiger partial charge on any atom is -0.459 e. The zero-order valence-corrected chi connectivity index (χ0v) is 31.2. The molecule has 4 heterocycles. The highest BCUT2D eigenvalue weighted by Crippen LogP contribution is 2.48. The molecule has 2 aliphatic heterocycles. The number of hydrogen-bond donors (Lipinski definition) is 0. The lowest BCUT2D eigenvalue weighted by Crippen LogP contribution is -2.32. The molecule has 3 atom stereocenters. The molecule has 0 spiro atoms. The molecule has 280 valence electrons. The molecule has 0 aliphatic carbocycles. The summed E-state index contributed by atoms with van der Waals surface area (Å²) in [6.45, 7) is 6.57. The van der Waals surface area contributed by atoms with Crippen molar-refractivity contribution in [1.82, 2.24) is 14.0 Å². The van der Waals surface area contributed by atoms with Crippen molar-refractivity contribution in [2.45, 2.75) is 59.1 Å². The maximum absolute atomic E-state index is 14.3. The SMILES string of the molecule is CC(=O)N1Cc2c(c3c4ccccc4n([C@H]4C[C@H](OC(=O)c5ccc(C)cc5)[C@@H](COC(=O)c5ccc(C)cc5)O4)c3c3c2c2ccccc2n3C(C)=O)C1=O. The minimum absolute atomic E-state index is 0.0623. The highest BCUT2D eigenvalue weighted by atomic mass is 16.6. The first kappa shape index (κ1) is 35.1. The molecule has 0 radical (unpaired) electrons. The maximum atomic E-state index is 14.3. The topological polar surface area (TPSA) is 126 Å². The molecule has 5 aromatic carbocycles. The summed E-state index contributed by atoms with van der Waals surface area (Å²) < 4.78 is 22.4. The predicted molar refractivity (Wildman–Crippen MR) is 210 cm³/mol. The maximum Gasteiger partial charge on any atom is 0.338 e. The van der Waals surface area contributed by atoms with E-state index in [0.29, 0.717) is 55.1 Å². The summed E-state index contributed by atoms with van der Waals surface area (Å²) in [4.78, 5) is 69.0. The number of carbonyl (C=O) groups is 5. The number of carbonyl (C=O) groups excluding carboxylic acids is 5. The Morgan fingerprint density at radius 2 is 1.30 bits per heavy atom. The average molecular weight is 748 g/mol. The number of rotatable bonds is 6. The summed E-state index contributed by atoms with van der Waals surface area (Å²) in [6, 6.07) is 29.2. The quantitative estimate of drug-likeness (QED) is 0.157. The van der Waals surface area contributed by atoms with Crippen molar-refractivity contribution in [2.75, 3.05) is 6.61 Å². The Balaban J connectivity index is 1.24. The normalized spacial score (nSPS) is 18.0. The zero-order chi connectivity index (χ0) is 39.0. The average Bonchev–Trinajstić information content (AvgIpc) is 3.93. The monoisotopic (exact) mass is 747 g/mol. The van der Waals surface area contributed by atoms with E-state index < -0.39 is 36.3 Å². The van der Waals surface area contributed by atoms with E-state index in [1.165, 1.54) is 18.7 Å². The van der Waals surface area contributed by atoms with Gasteiger partial charge < -0.3 is 18.8 Å². The number of ether oxygens (including phenoxy) is 3. The summed E-state index contributed by atoms with van der Waals surface area (Å²) in [5, 5.41) is 2.78. The van der Waals surface area contributed by atoms with Crippen LogP contribution in [0.15, 0.2) is 97.1 Å². The third kappa shape index (κ3) is 5.49. The van der Waals surface area contributed by atoms with Crippen LogP contribution < -0.4 is 0 Å². The molecule has 11 heteroatoms. The molecule has 2 aliphatic rings. The van der Waals surface area contributed by atoms with Gasteiger partial charge in [0.05, 0.1) is 45.3 Å². The van der Waals surface area contributed by atoms with Gasteiger partial charge in [-0.1, -0.05) is 71.8 Å². The second-order valence-electron chi connectivity index (χ2n) is 14.6. The van der Waals surface area contributed by atoms with E-state index in [9.17, 15) is 24.0 Å². The third-order valence-corrected chi connectivity index (χ3v) is 11.0. The van der Waals surface area contributed by atoms with Gasteiger partial charge in [-0.05, 0) is 55.8 Å². The molecule has 1 fully saturated rings. The standard InChI is InChI=1S/C45H37N3O8/c1-24-13-17-28(18-14-24)44(52)54-23-36-35(56-45(53)29-19-15-25(2)16-20-29)21-37(55-36)48-34-12-8-6-10-31(34)39-40-32(22-46(26(3)49)43(40)51)38-30-9-5-7-11-33(30)47(27(4)50)41(38)42(39)48/h5-20,35-37H,21-23H2,1-4H3/t35-,36+,37+/m0/s1. The number of fused-ring (bicyclic) bond motifs is 10. The molecule has 0 saturated carbocycles. The zero-order valence-electron chi connectivity index (χ0n) is 31.2. The van der Waals surface area contributed by atoms with Crippen molar-refractivity contribution in [3.05, 3.63) is 130 Å². The Kier molecular flexibility index (Phi) is 8.35. The number of benzene rings is 5. The van der Waals surface area contributed by atoms with E-state index in [4.69, 9.17) is 14.2 Å². The number of nitrogens with zero attached hydrogens (tertiary/aromatic N) is 3. The van der Waals surface area contributed by atoms with Crippen LogP contribution >= 0.6 is 0 Å². The fourth-order valence-corrected chi connectivity index (χ4v) is 8.39. The van der Waals surface area contributed by atoms with Gasteiger partial charge in [0.25, 0.3) is 5.91 Å². The first-order valence-electron chi connectivity index (χ1n) is 18.5. The predicted octanol–water partition coefficient (Wildman–Crippen LogP) is 8.05. The highest BCUT2D eigenvalue weighted by molar-refractivity contribution is 6.33. The number of hydrogen-bond acceptors (Lipinski definition) is 8. The summed E-state index contributed by atoms with van der Waals surface area (Å²) >= 11 is 0. The van der Waals surface area contributed by atoms with E-state index >= 15 is 0 Å². The molecular formula is C45H37N3O8. The van der Waals surface area contributed by atoms with E-state index in [1.807, 2.05) is 91.2 Å². The summed E-state index contributed by atoms with van der Waals surface area (Å²) in [5.41, 5.74) is 6.30. The van der Waals surface area contributed by atoms with Crippen LogP contribution in [-0.4, -0.2) is 62.5 Å². The van der Waals surface area contributed by atoms with E-state index in [1.54, 1.807) is 28.8 Å². The van der Waals surface area contributed by atoms with Gasteiger partial charge in [0.2, 0.25) is 11.8 Å². The molecule has 56 heavy (non-hydrogen) atoms.